The molecule has 0 bridgehead atoms. The summed E-state index contributed by atoms with van der Waals surface area (Å²) in [6.07, 6.45) is 5.16. The van der Waals surface area contributed by atoms with Crippen LogP contribution in [0.5, 0.6) is 0 Å². The molecule has 3 rings (SSSR count). The van der Waals surface area contributed by atoms with Crippen LogP contribution in [0.4, 0.5) is 0 Å². The standard InChI is InChI=1S/C17H20ClN3O2/c1-20(23-2)17(22)16-14-6-4-3-5-7-15(14)21(19-16)13-10-8-12(18)9-11-13/h8-11H,3-7H2,1-2H3. The highest BCUT2D eigenvalue weighted by atomic mass is 35.5. The van der Waals surface area contributed by atoms with Crippen LogP contribution in [0.15, 0.2) is 24.3 Å². The number of rotatable bonds is 3. The zero-order chi connectivity index (χ0) is 16.4. The van der Waals surface area contributed by atoms with Gasteiger partial charge in [-0.2, -0.15) is 5.10 Å². The van der Waals surface area contributed by atoms with Crippen molar-refractivity contribution in [3.05, 3.63) is 46.2 Å². The third-order valence-electron chi connectivity index (χ3n) is 4.26. The Morgan fingerprint density at radius 2 is 1.91 bits per heavy atom. The predicted octanol–water partition coefficient (Wildman–Crippen LogP) is 3.43. The van der Waals surface area contributed by atoms with Crippen molar-refractivity contribution in [1.29, 1.82) is 0 Å². The van der Waals surface area contributed by atoms with Gasteiger partial charge in [-0.25, -0.2) is 9.75 Å². The number of hydrogen-bond donors (Lipinski definition) is 0. The minimum Gasteiger partial charge on any atom is -0.274 e. The van der Waals surface area contributed by atoms with Gasteiger partial charge in [0.2, 0.25) is 0 Å². The van der Waals surface area contributed by atoms with Crippen LogP contribution in [0.3, 0.4) is 0 Å². The molecule has 0 saturated heterocycles. The predicted molar refractivity (Wildman–Crippen MR) is 88.9 cm³/mol. The molecule has 23 heavy (non-hydrogen) atoms. The molecule has 0 aliphatic heterocycles. The van der Waals surface area contributed by atoms with E-state index >= 15 is 0 Å². The summed E-state index contributed by atoms with van der Waals surface area (Å²) in [5.74, 6) is -0.210. The molecule has 1 aliphatic carbocycles. The Bertz CT molecular complexity index is 709. The first-order valence-corrected chi connectivity index (χ1v) is 8.18. The summed E-state index contributed by atoms with van der Waals surface area (Å²) in [4.78, 5) is 17.6. The number of carbonyl (C=O) groups is 1. The second-order valence-electron chi connectivity index (χ2n) is 5.71. The SMILES string of the molecule is CON(C)C(=O)c1nn(-c2ccc(Cl)cc2)c2c1CCCCC2. The van der Waals surface area contributed by atoms with Gasteiger partial charge in [-0.1, -0.05) is 18.0 Å². The Morgan fingerprint density at radius 1 is 1.22 bits per heavy atom. The fraction of sp³-hybridized carbons (Fsp3) is 0.412. The zero-order valence-corrected chi connectivity index (χ0v) is 14.1. The molecule has 1 aliphatic rings. The molecule has 1 heterocycles. The van der Waals surface area contributed by atoms with E-state index in [2.05, 4.69) is 5.10 Å². The third-order valence-corrected chi connectivity index (χ3v) is 4.52. The highest BCUT2D eigenvalue weighted by molar-refractivity contribution is 6.30. The van der Waals surface area contributed by atoms with E-state index in [0.717, 1.165) is 42.6 Å². The second kappa shape index (κ2) is 6.72. The van der Waals surface area contributed by atoms with Crippen LogP contribution < -0.4 is 0 Å². The van der Waals surface area contributed by atoms with Crippen LogP contribution in [0.2, 0.25) is 5.02 Å². The van der Waals surface area contributed by atoms with E-state index in [1.165, 1.54) is 18.6 Å². The topological polar surface area (TPSA) is 47.4 Å². The molecule has 0 saturated carbocycles. The molecule has 0 unspecified atom stereocenters. The van der Waals surface area contributed by atoms with E-state index in [4.69, 9.17) is 16.4 Å². The lowest BCUT2D eigenvalue weighted by atomic mass is 10.1. The maximum Gasteiger partial charge on any atom is 0.297 e. The zero-order valence-electron chi connectivity index (χ0n) is 13.4. The summed E-state index contributed by atoms with van der Waals surface area (Å²) in [6.45, 7) is 0. The Labute approximate surface area is 140 Å². The van der Waals surface area contributed by atoms with Gasteiger partial charge in [0.1, 0.15) is 0 Å². The molecule has 1 amide bonds. The van der Waals surface area contributed by atoms with Gasteiger partial charge in [-0.3, -0.25) is 9.63 Å². The van der Waals surface area contributed by atoms with E-state index in [1.54, 1.807) is 7.05 Å². The number of fused-ring (bicyclic) bond motifs is 1. The number of hydroxylamine groups is 2. The van der Waals surface area contributed by atoms with Gasteiger partial charge < -0.3 is 0 Å². The van der Waals surface area contributed by atoms with Crippen molar-refractivity contribution in [3.8, 4) is 5.69 Å². The Morgan fingerprint density at radius 3 is 2.61 bits per heavy atom. The fourth-order valence-corrected chi connectivity index (χ4v) is 3.10. The van der Waals surface area contributed by atoms with Crippen molar-refractivity contribution in [2.24, 2.45) is 0 Å². The first kappa shape index (κ1) is 16.0. The van der Waals surface area contributed by atoms with E-state index in [0.29, 0.717) is 10.7 Å². The molecule has 122 valence electrons. The maximum absolute atomic E-state index is 12.6. The molecule has 1 aromatic heterocycles. The summed E-state index contributed by atoms with van der Waals surface area (Å²) < 4.78 is 1.88. The highest BCUT2D eigenvalue weighted by Crippen LogP contribution is 2.27. The maximum atomic E-state index is 12.6. The third kappa shape index (κ3) is 3.12. The largest absolute Gasteiger partial charge is 0.297 e. The lowest BCUT2D eigenvalue weighted by Gasteiger charge is -2.12. The molecule has 0 spiro atoms. The van der Waals surface area contributed by atoms with Crippen molar-refractivity contribution in [3.63, 3.8) is 0 Å². The molecule has 6 heteroatoms. The average Bonchev–Trinajstić information content (AvgIpc) is 2.76. The Balaban J connectivity index is 2.11. The van der Waals surface area contributed by atoms with Gasteiger partial charge in [-0.15, -0.1) is 0 Å². The van der Waals surface area contributed by atoms with Crippen molar-refractivity contribution >= 4 is 17.5 Å². The number of nitrogens with zero attached hydrogens (tertiary/aromatic N) is 3. The highest BCUT2D eigenvalue weighted by Gasteiger charge is 2.26. The van der Waals surface area contributed by atoms with Gasteiger partial charge in [-0.05, 0) is 49.9 Å². The molecule has 0 atom stereocenters. The van der Waals surface area contributed by atoms with Gasteiger partial charge >= 0.3 is 0 Å². The minimum absolute atomic E-state index is 0.210. The quantitative estimate of drug-likeness (QED) is 0.638. The number of carbonyl (C=O) groups excluding carboxylic acids is 1. The number of halogens is 1. The Kier molecular flexibility index (Phi) is 4.68. The lowest BCUT2D eigenvalue weighted by Crippen LogP contribution is -2.26. The fourth-order valence-electron chi connectivity index (χ4n) is 2.98. The number of benzene rings is 1. The minimum atomic E-state index is -0.210. The van der Waals surface area contributed by atoms with Crippen LogP contribution in [0.1, 0.15) is 41.0 Å². The van der Waals surface area contributed by atoms with Crippen molar-refractivity contribution in [2.45, 2.75) is 32.1 Å². The smallest absolute Gasteiger partial charge is 0.274 e. The van der Waals surface area contributed by atoms with E-state index in [9.17, 15) is 4.79 Å². The van der Waals surface area contributed by atoms with Crippen LogP contribution in [-0.4, -0.2) is 34.9 Å². The van der Waals surface area contributed by atoms with Gasteiger partial charge in [0, 0.05) is 23.3 Å². The van der Waals surface area contributed by atoms with Crippen LogP contribution in [0, 0.1) is 0 Å². The van der Waals surface area contributed by atoms with Gasteiger partial charge in [0.15, 0.2) is 5.69 Å². The summed E-state index contributed by atoms with van der Waals surface area (Å²) in [5, 5.41) is 6.51. The van der Waals surface area contributed by atoms with Crippen LogP contribution in [-0.2, 0) is 17.7 Å². The monoisotopic (exact) mass is 333 g/mol. The number of aromatic nitrogens is 2. The molecule has 0 radical (unpaired) electrons. The molecule has 1 aromatic carbocycles. The summed E-state index contributed by atoms with van der Waals surface area (Å²) in [6, 6.07) is 7.53. The molecule has 0 N–H and O–H groups in total. The number of amides is 1. The normalized spacial score (nSPS) is 14.2. The number of hydrogen-bond acceptors (Lipinski definition) is 3. The lowest BCUT2D eigenvalue weighted by molar-refractivity contribution is -0.0761. The van der Waals surface area contributed by atoms with E-state index in [1.807, 2.05) is 28.9 Å². The molecule has 0 fully saturated rings. The Hall–Kier alpha value is -1.85. The molecule has 2 aromatic rings. The van der Waals surface area contributed by atoms with Crippen LogP contribution >= 0.6 is 11.6 Å². The van der Waals surface area contributed by atoms with Crippen molar-refractivity contribution in [1.82, 2.24) is 14.8 Å². The van der Waals surface area contributed by atoms with E-state index < -0.39 is 0 Å². The van der Waals surface area contributed by atoms with Crippen molar-refractivity contribution in [2.75, 3.05) is 14.2 Å². The van der Waals surface area contributed by atoms with Crippen LogP contribution in [0.25, 0.3) is 5.69 Å². The first-order valence-electron chi connectivity index (χ1n) is 7.80. The summed E-state index contributed by atoms with van der Waals surface area (Å²) in [5.41, 5.74) is 3.58. The first-order chi connectivity index (χ1) is 11.1. The molecular formula is C17H20ClN3O2. The van der Waals surface area contributed by atoms with E-state index in [-0.39, 0.29) is 5.91 Å². The summed E-state index contributed by atoms with van der Waals surface area (Å²) in [7, 11) is 3.08. The molecular weight excluding hydrogens is 314 g/mol. The summed E-state index contributed by atoms with van der Waals surface area (Å²) >= 11 is 5.98. The van der Waals surface area contributed by atoms with Crippen molar-refractivity contribution < 1.29 is 9.63 Å². The molecule has 5 nitrogen and oxygen atoms in total. The van der Waals surface area contributed by atoms with Gasteiger partial charge in [0.05, 0.1) is 12.8 Å². The van der Waals surface area contributed by atoms with Gasteiger partial charge in [0.25, 0.3) is 5.91 Å². The average molecular weight is 334 g/mol. The second-order valence-corrected chi connectivity index (χ2v) is 6.14.